The number of nitrogens with one attached hydrogen (secondary N) is 1. The molecular weight excluding hydrogens is 240 g/mol. The lowest BCUT2D eigenvalue weighted by Crippen LogP contribution is -2.41. The van der Waals surface area contributed by atoms with Gasteiger partial charge in [-0.15, -0.1) is 0 Å². The minimum absolute atomic E-state index is 0.423. The van der Waals surface area contributed by atoms with Crippen LogP contribution in [0.1, 0.15) is 32.6 Å². The minimum atomic E-state index is 0.423. The fraction of sp³-hybridized carbons (Fsp3) is 1.00. The van der Waals surface area contributed by atoms with Crippen LogP contribution >= 0.6 is 0 Å². The zero-order valence-electron chi connectivity index (χ0n) is 12.6. The van der Waals surface area contributed by atoms with E-state index in [9.17, 15) is 0 Å². The van der Waals surface area contributed by atoms with Gasteiger partial charge < -0.3 is 19.7 Å². The maximum atomic E-state index is 5.68. The molecule has 0 spiro atoms. The van der Waals surface area contributed by atoms with Crippen molar-refractivity contribution in [1.29, 1.82) is 0 Å². The zero-order chi connectivity index (χ0) is 13.5. The Morgan fingerprint density at radius 1 is 1.32 bits per heavy atom. The Morgan fingerprint density at radius 2 is 2.16 bits per heavy atom. The average molecular weight is 270 g/mol. The number of likely N-dealkylation sites (N-methyl/N-ethyl adjacent to an activating group) is 1. The number of ether oxygens (including phenoxy) is 2. The van der Waals surface area contributed by atoms with Crippen molar-refractivity contribution in [1.82, 2.24) is 10.2 Å². The first kappa shape index (κ1) is 15.2. The van der Waals surface area contributed by atoms with E-state index in [0.717, 1.165) is 45.4 Å². The van der Waals surface area contributed by atoms with Gasteiger partial charge in [-0.1, -0.05) is 0 Å². The summed E-state index contributed by atoms with van der Waals surface area (Å²) in [6.45, 7) is 8.15. The monoisotopic (exact) mass is 270 g/mol. The standard InChI is InChI=1S/C15H30N2O2/c1-13(15-4-3-10-19-15)16-7-8-17(2)9-11-18-12-14-5-6-14/h13-16H,3-12H2,1-2H3. The summed E-state index contributed by atoms with van der Waals surface area (Å²) in [6, 6.07) is 0.474. The Morgan fingerprint density at radius 3 is 2.84 bits per heavy atom. The summed E-state index contributed by atoms with van der Waals surface area (Å²) < 4.78 is 11.3. The largest absolute Gasteiger partial charge is 0.380 e. The molecule has 0 aromatic heterocycles. The van der Waals surface area contributed by atoms with Gasteiger partial charge in [0.05, 0.1) is 12.7 Å². The normalized spacial score (nSPS) is 25.1. The Labute approximate surface area is 117 Å². The van der Waals surface area contributed by atoms with E-state index < -0.39 is 0 Å². The summed E-state index contributed by atoms with van der Waals surface area (Å²) >= 11 is 0. The van der Waals surface area contributed by atoms with Gasteiger partial charge in [-0.05, 0) is 45.6 Å². The lowest BCUT2D eigenvalue weighted by atomic mass is 10.1. The Bertz CT molecular complexity index is 240. The number of hydrogen-bond acceptors (Lipinski definition) is 4. The Kier molecular flexibility index (Phi) is 6.57. The van der Waals surface area contributed by atoms with E-state index in [1.807, 2.05) is 0 Å². The van der Waals surface area contributed by atoms with E-state index in [1.165, 1.54) is 25.7 Å². The van der Waals surface area contributed by atoms with E-state index >= 15 is 0 Å². The molecule has 2 rings (SSSR count). The highest BCUT2D eigenvalue weighted by atomic mass is 16.5. The van der Waals surface area contributed by atoms with Gasteiger partial charge in [-0.2, -0.15) is 0 Å². The highest BCUT2D eigenvalue weighted by Crippen LogP contribution is 2.28. The van der Waals surface area contributed by atoms with Gasteiger partial charge in [0.1, 0.15) is 0 Å². The highest BCUT2D eigenvalue weighted by molar-refractivity contribution is 4.76. The van der Waals surface area contributed by atoms with Gasteiger partial charge in [-0.25, -0.2) is 0 Å². The molecule has 1 heterocycles. The predicted octanol–water partition coefficient (Wildman–Crippen LogP) is 1.50. The summed E-state index contributed by atoms with van der Waals surface area (Å²) in [7, 11) is 2.17. The molecule has 112 valence electrons. The summed E-state index contributed by atoms with van der Waals surface area (Å²) in [4.78, 5) is 2.34. The molecule has 2 fully saturated rings. The van der Waals surface area contributed by atoms with E-state index in [2.05, 4.69) is 24.2 Å². The summed E-state index contributed by atoms with van der Waals surface area (Å²) in [6.07, 6.45) is 5.60. The van der Waals surface area contributed by atoms with Crippen LogP contribution in [-0.2, 0) is 9.47 Å². The molecule has 0 aromatic carbocycles. The van der Waals surface area contributed by atoms with E-state index in [0.29, 0.717) is 12.1 Å². The predicted molar refractivity (Wildman–Crippen MR) is 77.5 cm³/mol. The van der Waals surface area contributed by atoms with E-state index in [1.54, 1.807) is 0 Å². The topological polar surface area (TPSA) is 33.7 Å². The van der Waals surface area contributed by atoms with Crippen LogP contribution in [0.5, 0.6) is 0 Å². The molecule has 2 atom stereocenters. The third-order valence-electron chi connectivity index (χ3n) is 4.15. The summed E-state index contributed by atoms with van der Waals surface area (Å²) in [5.74, 6) is 0.874. The minimum Gasteiger partial charge on any atom is -0.380 e. The second kappa shape index (κ2) is 8.20. The molecule has 0 amide bonds. The van der Waals surface area contributed by atoms with Crippen molar-refractivity contribution < 1.29 is 9.47 Å². The molecule has 1 saturated heterocycles. The van der Waals surface area contributed by atoms with Crippen LogP contribution in [0.15, 0.2) is 0 Å². The third kappa shape index (κ3) is 6.21. The molecule has 2 aliphatic rings. The molecule has 0 bridgehead atoms. The first-order valence-electron chi connectivity index (χ1n) is 7.87. The molecule has 0 aromatic rings. The van der Waals surface area contributed by atoms with Crippen molar-refractivity contribution in [3.8, 4) is 0 Å². The third-order valence-corrected chi connectivity index (χ3v) is 4.15. The van der Waals surface area contributed by atoms with Crippen LogP contribution in [0, 0.1) is 5.92 Å². The maximum absolute atomic E-state index is 5.68. The lowest BCUT2D eigenvalue weighted by Gasteiger charge is -2.22. The van der Waals surface area contributed by atoms with Crippen LogP contribution in [0.3, 0.4) is 0 Å². The number of rotatable bonds is 10. The molecule has 1 aliphatic carbocycles. The summed E-state index contributed by atoms with van der Waals surface area (Å²) in [5.41, 5.74) is 0. The van der Waals surface area contributed by atoms with Crippen LogP contribution in [0.25, 0.3) is 0 Å². The van der Waals surface area contributed by atoms with Gasteiger partial charge in [0.25, 0.3) is 0 Å². The van der Waals surface area contributed by atoms with Crippen LogP contribution in [0.2, 0.25) is 0 Å². The number of hydrogen-bond donors (Lipinski definition) is 1. The molecule has 4 nitrogen and oxygen atoms in total. The first-order chi connectivity index (χ1) is 9.25. The summed E-state index contributed by atoms with van der Waals surface area (Å²) in [5, 5.41) is 3.57. The van der Waals surface area contributed by atoms with Crippen molar-refractivity contribution in [2.24, 2.45) is 5.92 Å². The van der Waals surface area contributed by atoms with Crippen molar-refractivity contribution in [2.45, 2.75) is 44.8 Å². The molecule has 1 N–H and O–H groups in total. The smallest absolute Gasteiger partial charge is 0.0726 e. The second-order valence-electron chi connectivity index (χ2n) is 6.12. The zero-order valence-corrected chi connectivity index (χ0v) is 12.6. The van der Waals surface area contributed by atoms with Crippen LogP contribution in [-0.4, -0.2) is 63.5 Å². The van der Waals surface area contributed by atoms with Crippen molar-refractivity contribution in [3.63, 3.8) is 0 Å². The van der Waals surface area contributed by atoms with E-state index in [-0.39, 0.29) is 0 Å². The number of nitrogens with zero attached hydrogens (tertiary/aromatic N) is 1. The quantitative estimate of drug-likeness (QED) is 0.610. The van der Waals surface area contributed by atoms with Gasteiger partial charge in [0.15, 0.2) is 0 Å². The van der Waals surface area contributed by atoms with Gasteiger partial charge in [-0.3, -0.25) is 0 Å². The van der Waals surface area contributed by atoms with Crippen molar-refractivity contribution in [2.75, 3.05) is 46.5 Å². The van der Waals surface area contributed by atoms with E-state index in [4.69, 9.17) is 9.47 Å². The van der Waals surface area contributed by atoms with Crippen LogP contribution < -0.4 is 5.32 Å². The molecule has 1 aliphatic heterocycles. The fourth-order valence-electron chi connectivity index (χ4n) is 2.48. The molecule has 2 unspecified atom stereocenters. The molecule has 19 heavy (non-hydrogen) atoms. The Balaban J connectivity index is 1.42. The van der Waals surface area contributed by atoms with Crippen molar-refractivity contribution >= 4 is 0 Å². The fourth-order valence-corrected chi connectivity index (χ4v) is 2.48. The average Bonchev–Trinajstić information content (AvgIpc) is 3.05. The second-order valence-corrected chi connectivity index (χ2v) is 6.12. The SMILES string of the molecule is CC(NCCN(C)CCOCC1CC1)C1CCCO1. The van der Waals surface area contributed by atoms with Crippen molar-refractivity contribution in [3.05, 3.63) is 0 Å². The van der Waals surface area contributed by atoms with Gasteiger partial charge >= 0.3 is 0 Å². The molecular formula is C15H30N2O2. The molecule has 0 radical (unpaired) electrons. The van der Waals surface area contributed by atoms with Gasteiger partial charge in [0, 0.05) is 38.9 Å². The maximum Gasteiger partial charge on any atom is 0.0726 e. The molecule has 4 heteroatoms. The Hall–Kier alpha value is -0.160. The lowest BCUT2D eigenvalue weighted by molar-refractivity contribution is 0.0811. The van der Waals surface area contributed by atoms with Gasteiger partial charge in [0.2, 0.25) is 0 Å². The first-order valence-corrected chi connectivity index (χ1v) is 7.87. The van der Waals surface area contributed by atoms with Crippen LogP contribution in [0.4, 0.5) is 0 Å². The highest BCUT2D eigenvalue weighted by Gasteiger charge is 2.22. The molecule has 1 saturated carbocycles.